The largest absolute Gasteiger partial charge is 0.481 e. The second-order valence-corrected chi connectivity index (χ2v) is 5.30. The highest BCUT2D eigenvalue weighted by Crippen LogP contribution is 2.23. The zero-order valence-electron chi connectivity index (χ0n) is 12.0. The fraction of sp³-hybridized carbons (Fsp3) is 0.533. The van der Waals surface area contributed by atoms with Gasteiger partial charge < -0.3 is 14.4 Å². The van der Waals surface area contributed by atoms with E-state index in [-0.39, 0.29) is 35.7 Å². The summed E-state index contributed by atoms with van der Waals surface area (Å²) in [5.74, 6) is -1.04. The topological polar surface area (TPSA) is 87.8 Å². The Morgan fingerprint density at radius 3 is 2.62 bits per heavy atom. The summed E-state index contributed by atoms with van der Waals surface area (Å²) in [5, 5.41) is 8.79. The van der Waals surface area contributed by atoms with Gasteiger partial charge in [-0.15, -0.1) is 0 Å². The van der Waals surface area contributed by atoms with E-state index in [0.717, 1.165) is 19.3 Å². The fourth-order valence-electron chi connectivity index (χ4n) is 2.64. The lowest BCUT2D eigenvalue weighted by Gasteiger charge is -2.35. The molecule has 21 heavy (non-hydrogen) atoms. The lowest BCUT2D eigenvalue weighted by atomic mass is 9.97. The third kappa shape index (κ3) is 3.71. The van der Waals surface area contributed by atoms with Crippen LogP contribution >= 0.6 is 0 Å². The van der Waals surface area contributed by atoms with Crippen LogP contribution in [0, 0.1) is 0 Å². The highest BCUT2D eigenvalue weighted by Gasteiger charge is 2.29. The van der Waals surface area contributed by atoms with Gasteiger partial charge in [-0.1, -0.05) is 0 Å². The maximum absolute atomic E-state index is 12.5. The summed E-state index contributed by atoms with van der Waals surface area (Å²) in [5.41, 5.74) is 0. The molecule has 0 bridgehead atoms. The third-order valence-corrected chi connectivity index (χ3v) is 3.74. The molecule has 2 heterocycles. The number of hydrogen-bond donors (Lipinski definition) is 1. The van der Waals surface area contributed by atoms with E-state index in [1.165, 1.54) is 19.1 Å². The number of nitrogens with zero attached hydrogens (tertiary/aromatic N) is 1. The van der Waals surface area contributed by atoms with Crippen LogP contribution in [0.25, 0.3) is 0 Å². The molecule has 0 spiro atoms. The Kier molecular flexibility index (Phi) is 4.77. The summed E-state index contributed by atoms with van der Waals surface area (Å²) in [6.45, 7) is 1.98. The average molecular weight is 293 g/mol. The number of piperidine rings is 1. The molecule has 2 rings (SSSR count). The molecule has 1 saturated heterocycles. The van der Waals surface area contributed by atoms with Crippen molar-refractivity contribution in [1.29, 1.82) is 0 Å². The molecule has 1 N–H and O–H groups in total. The van der Waals surface area contributed by atoms with E-state index in [9.17, 15) is 14.4 Å². The van der Waals surface area contributed by atoms with Crippen LogP contribution in [0.1, 0.15) is 60.1 Å². The summed E-state index contributed by atoms with van der Waals surface area (Å²) in [6.07, 6.45) is 3.19. The molecule has 1 amide bonds. The zero-order chi connectivity index (χ0) is 15.4. The van der Waals surface area contributed by atoms with Gasteiger partial charge in [0.15, 0.2) is 17.3 Å². The van der Waals surface area contributed by atoms with Gasteiger partial charge in [0.1, 0.15) is 0 Å². The Morgan fingerprint density at radius 2 is 2.00 bits per heavy atom. The SMILES string of the molecule is CC(=O)c1ccc(C(=O)N2CCCCC2CCC(=O)O)o1. The van der Waals surface area contributed by atoms with Crippen molar-refractivity contribution in [3.8, 4) is 0 Å². The number of likely N-dealkylation sites (tertiary alicyclic amines) is 1. The Balaban J connectivity index is 2.10. The third-order valence-electron chi connectivity index (χ3n) is 3.74. The van der Waals surface area contributed by atoms with Gasteiger partial charge in [-0.3, -0.25) is 14.4 Å². The van der Waals surface area contributed by atoms with Crippen LogP contribution in [-0.2, 0) is 4.79 Å². The summed E-state index contributed by atoms with van der Waals surface area (Å²) < 4.78 is 5.28. The summed E-state index contributed by atoms with van der Waals surface area (Å²) in [7, 11) is 0. The van der Waals surface area contributed by atoms with Crippen molar-refractivity contribution in [2.75, 3.05) is 6.54 Å². The van der Waals surface area contributed by atoms with E-state index in [2.05, 4.69) is 0 Å². The van der Waals surface area contributed by atoms with E-state index < -0.39 is 5.97 Å². The molecule has 114 valence electrons. The van der Waals surface area contributed by atoms with Gasteiger partial charge in [-0.25, -0.2) is 0 Å². The normalized spacial score (nSPS) is 18.5. The second kappa shape index (κ2) is 6.56. The molecule has 1 fully saturated rings. The molecule has 1 aliphatic rings. The molecule has 0 radical (unpaired) electrons. The van der Waals surface area contributed by atoms with Crippen molar-refractivity contribution in [1.82, 2.24) is 4.90 Å². The molecule has 6 heteroatoms. The molecule has 1 unspecified atom stereocenters. The first-order chi connectivity index (χ1) is 9.99. The predicted molar refractivity (Wildman–Crippen MR) is 74.3 cm³/mol. The van der Waals surface area contributed by atoms with E-state index >= 15 is 0 Å². The number of carboxylic acids is 1. The standard InChI is InChI=1S/C15H19NO5/c1-10(17)12-6-7-13(21-12)15(20)16-9-3-2-4-11(16)5-8-14(18)19/h6-7,11H,2-5,8-9H2,1H3,(H,18,19). The molecular weight excluding hydrogens is 274 g/mol. The van der Waals surface area contributed by atoms with Crippen molar-refractivity contribution in [2.45, 2.75) is 45.1 Å². The van der Waals surface area contributed by atoms with Crippen LogP contribution in [0.2, 0.25) is 0 Å². The van der Waals surface area contributed by atoms with Crippen LogP contribution in [0.5, 0.6) is 0 Å². The molecule has 1 aromatic rings. The quantitative estimate of drug-likeness (QED) is 0.842. The van der Waals surface area contributed by atoms with Crippen molar-refractivity contribution >= 4 is 17.7 Å². The van der Waals surface area contributed by atoms with Crippen LogP contribution in [0.15, 0.2) is 16.5 Å². The second-order valence-electron chi connectivity index (χ2n) is 5.30. The van der Waals surface area contributed by atoms with Crippen molar-refractivity contribution < 1.29 is 23.9 Å². The maximum Gasteiger partial charge on any atom is 0.303 e. The number of carboxylic acid groups (broad SMARTS) is 1. The van der Waals surface area contributed by atoms with Gasteiger partial charge in [-0.05, 0) is 37.8 Å². The summed E-state index contributed by atoms with van der Waals surface area (Å²) in [6, 6.07) is 2.92. The number of Topliss-reactive ketones (excluding diaryl/α,β-unsaturated/α-hetero) is 1. The van der Waals surface area contributed by atoms with Gasteiger partial charge in [0.05, 0.1) is 0 Å². The number of carbonyl (C=O) groups excluding carboxylic acids is 2. The van der Waals surface area contributed by atoms with Crippen LogP contribution < -0.4 is 0 Å². The van der Waals surface area contributed by atoms with Crippen molar-refractivity contribution in [2.24, 2.45) is 0 Å². The number of rotatable bonds is 5. The van der Waals surface area contributed by atoms with Gasteiger partial charge in [0.2, 0.25) is 0 Å². The number of amides is 1. The first-order valence-corrected chi connectivity index (χ1v) is 7.12. The Morgan fingerprint density at radius 1 is 1.29 bits per heavy atom. The van der Waals surface area contributed by atoms with E-state index in [0.29, 0.717) is 13.0 Å². The van der Waals surface area contributed by atoms with Gasteiger partial charge >= 0.3 is 5.97 Å². The van der Waals surface area contributed by atoms with Gasteiger partial charge in [0.25, 0.3) is 5.91 Å². The minimum absolute atomic E-state index is 0.0469. The first-order valence-electron chi connectivity index (χ1n) is 7.12. The summed E-state index contributed by atoms with van der Waals surface area (Å²) >= 11 is 0. The van der Waals surface area contributed by atoms with Crippen molar-refractivity contribution in [3.63, 3.8) is 0 Å². The zero-order valence-corrected chi connectivity index (χ0v) is 12.0. The monoisotopic (exact) mass is 293 g/mol. The Bertz CT molecular complexity index is 548. The lowest BCUT2D eigenvalue weighted by Crippen LogP contribution is -2.43. The molecule has 0 aliphatic carbocycles. The highest BCUT2D eigenvalue weighted by molar-refractivity contribution is 5.95. The van der Waals surface area contributed by atoms with Gasteiger partial charge in [0, 0.05) is 25.9 Å². The number of hydrogen-bond acceptors (Lipinski definition) is 4. The molecule has 0 aromatic carbocycles. The van der Waals surface area contributed by atoms with E-state index in [4.69, 9.17) is 9.52 Å². The van der Waals surface area contributed by atoms with E-state index in [1.807, 2.05) is 0 Å². The molecular formula is C15H19NO5. The first kappa shape index (κ1) is 15.3. The molecule has 1 aromatic heterocycles. The molecule has 6 nitrogen and oxygen atoms in total. The minimum Gasteiger partial charge on any atom is -0.481 e. The van der Waals surface area contributed by atoms with Crippen LogP contribution in [0.3, 0.4) is 0 Å². The number of carbonyl (C=O) groups is 3. The summed E-state index contributed by atoms with van der Waals surface area (Å²) in [4.78, 5) is 36.1. The van der Waals surface area contributed by atoms with E-state index in [1.54, 1.807) is 4.90 Å². The van der Waals surface area contributed by atoms with Gasteiger partial charge in [-0.2, -0.15) is 0 Å². The molecule has 1 aliphatic heterocycles. The maximum atomic E-state index is 12.5. The highest BCUT2D eigenvalue weighted by atomic mass is 16.4. The van der Waals surface area contributed by atoms with Crippen LogP contribution in [-0.4, -0.2) is 40.3 Å². The average Bonchev–Trinajstić information content (AvgIpc) is 2.94. The van der Waals surface area contributed by atoms with Crippen molar-refractivity contribution in [3.05, 3.63) is 23.7 Å². The Hall–Kier alpha value is -2.11. The fourth-order valence-corrected chi connectivity index (χ4v) is 2.64. The molecule has 0 saturated carbocycles. The minimum atomic E-state index is -0.857. The number of aliphatic carboxylic acids is 1. The smallest absolute Gasteiger partial charge is 0.303 e. The Labute approximate surface area is 122 Å². The number of furan rings is 1. The van der Waals surface area contributed by atoms with Crippen LogP contribution in [0.4, 0.5) is 0 Å². The predicted octanol–water partition coefficient (Wildman–Crippen LogP) is 2.34. The number of ketones is 1. The molecule has 1 atom stereocenters. The lowest BCUT2D eigenvalue weighted by molar-refractivity contribution is -0.137.